The largest absolute Gasteiger partial charge is 0.497 e. The summed E-state index contributed by atoms with van der Waals surface area (Å²) in [6.45, 7) is 14.1. The van der Waals surface area contributed by atoms with Gasteiger partial charge in [0, 0.05) is 24.7 Å². The summed E-state index contributed by atoms with van der Waals surface area (Å²) in [6, 6.07) is 7.76. The molecule has 34 heavy (non-hydrogen) atoms. The third-order valence-corrected chi connectivity index (χ3v) is 5.53. The normalized spacial score (nSPS) is 15.2. The average molecular weight is 470 g/mol. The maximum absolute atomic E-state index is 13.1. The second-order valence-corrected chi connectivity index (χ2v) is 10.0. The summed E-state index contributed by atoms with van der Waals surface area (Å²) in [5, 5.41) is 0. The highest BCUT2D eigenvalue weighted by Crippen LogP contribution is 2.37. The molecule has 1 amide bonds. The Bertz CT molecular complexity index is 1090. The molecule has 8 nitrogen and oxygen atoms in total. The average Bonchev–Trinajstić information content (AvgIpc) is 3.01. The number of ether oxygens (including phenoxy) is 3. The van der Waals surface area contributed by atoms with Crippen LogP contribution < -0.4 is 4.74 Å². The van der Waals surface area contributed by atoms with Crippen LogP contribution in [0.1, 0.15) is 64.3 Å². The molecular weight excluding hydrogens is 434 g/mol. The van der Waals surface area contributed by atoms with E-state index in [0.717, 1.165) is 22.8 Å². The summed E-state index contributed by atoms with van der Waals surface area (Å²) >= 11 is 0. The Kier molecular flexibility index (Phi) is 7.10. The summed E-state index contributed by atoms with van der Waals surface area (Å²) in [6.07, 6.45) is 1.02. The lowest BCUT2D eigenvalue weighted by atomic mass is 9.87. The van der Waals surface area contributed by atoms with Crippen LogP contribution in [0.4, 0.5) is 4.79 Å². The lowest BCUT2D eigenvalue weighted by Gasteiger charge is -2.30. The number of rotatable bonds is 5. The smallest absolute Gasteiger partial charge is 0.414 e. The van der Waals surface area contributed by atoms with Crippen molar-refractivity contribution in [3.8, 4) is 5.75 Å². The van der Waals surface area contributed by atoms with Crippen LogP contribution in [-0.2, 0) is 26.2 Å². The van der Waals surface area contributed by atoms with E-state index in [9.17, 15) is 9.59 Å². The molecule has 0 atom stereocenters. The lowest BCUT2D eigenvalue weighted by Crippen LogP contribution is -2.40. The Morgan fingerprint density at radius 2 is 1.79 bits per heavy atom. The molecule has 0 aliphatic carbocycles. The molecule has 3 rings (SSSR count). The number of fused-ring (bicyclic) bond motifs is 1. The van der Waals surface area contributed by atoms with Crippen LogP contribution in [0.15, 0.2) is 30.5 Å². The maximum Gasteiger partial charge on any atom is 0.414 e. The second kappa shape index (κ2) is 9.52. The van der Waals surface area contributed by atoms with Gasteiger partial charge in [0.1, 0.15) is 22.7 Å². The molecule has 2 aromatic rings. The van der Waals surface area contributed by atoms with E-state index in [-0.39, 0.29) is 12.2 Å². The number of nitrogens with zero attached hydrogens (tertiary/aromatic N) is 3. The Labute approximate surface area is 201 Å². The molecule has 8 heteroatoms. The van der Waals surface area contributed by atoms with Gasteiger partial charge in [0.25, 0.3) is 0 Å². The van der Waals surface area contributed by atoms with Crippen molar-refractivity contribution < 1.29 is 23.8 Å². The van der Waals surface area contributed by atoms with Gasteiger partial charge in [0.15, 0.2) is 0 Å². The van der Waals surface area contributed by atoms with Crippen molar-refractivity contribution in [2.24, 2.45) is 0 Å². The van der Waals surface area contributed by atoms with Gasteiger partial charge in [0.2, 0.25) is 0 Å². The minimum absolute atomic E-state index is 0.215. The standard InChI is InChI=1S/C26H35N3O5/c1-9-33-23(30)20-15-28(24(31)34-25(3,4)5)16-26(6,7)22-21(20)29(17(2)27-22)14-18-10-12-19(32-8)13-11-18/h10-13,15H,9,14,16H2,1-8H3. The Morgan fingerprint density at radius 1 is 1.15 bits per heavy atom. The number of amides is 1. The van der Waals surface area contributed by atoms with Crippen molar-refractivity contribution in [3.05, 3.63) is 53.2 Å². The molecule has 0 saturated heterocycles. The monoisotopic (exact) mass is 469 g/mol. The molecule has 0 saturated carbocycles. The summed E-state index contributed by atoms with van der Waals surface area (Å²) in [7, 11) is 1.63. The number of carbonyl (C=O) groups is 2. The van der Waals surface area contributed by atoms with Gasteiger partial charge in [-0.05, 0) is 52.3 Å². The third kappa shape index (κ3) is 5.43. The zero-order valence-electron chi connectivity index (χ0n) is 21.4. The van der Waals surface area contributed by atoms with Crippen LogP contribution in [0, 0.1) is 6.92 Å². The lowest BCUT2D eigenvalue weighted by molar-refractivity contribution is -0.136. The fourth-order valence-corrected chi connectivity index (χ4v) is 3.98. The van der Waals surface area contributed by atoms with E-state index in [1.165, 1.54) is 4.90 Å². The number of methoxy groups -OCH3 is 1. The predicted molar refractivity (Wildman–Crippen MR) is 130 cm³/mol. The fraction of sp³-hybridized carbons (Fsp3) is 0.500. The molecule has 0 bridgehead atoms. The molecule has 1 aliphatic rings. The van der Waals surface area contributed by atoms with Crippen LogP contribution in [0.2, 0.25) is 0 Å². The van der Waals surface area contributed by atoms with Crippen molar-refractivity contribution >= 4 is 17.6 Å². The van der Waals surface area contributed by atoms with E-state index in [4.69, 9.17) is 19.2 Å². The molecule has 0 N–H and O–H groups in total. The van der Waals surface area contributed by atoms with Gasteiger partial charge < -0.3 is 18.8 Å². The zero-order chi connectivity index (χ0) is 25.3. The van der Waals surface area contributed by atoms with E-state index < -0.39 is 23.1 Å². The van der Waals surface area contributed by atoms with Crippen molar-refractivity contribution in [2.75, 3.05) is 20.3 Å². The van der Waals surface area contributed by atoms with Crippen molar-refractivity contribution in [1.29, 1.82) is 0 Å². The number of aryl methyl sites for hydroxylation is 1. The van der Waals surface area contributed by atoms with Gasteiger partial charge in [-0.2, -0.15) is 0 Å². The molecule has 1 aliphatic heterocycles. The van der Waals surface area contributed by atoms with Crippen LogP contribution in [0.25, 0.3) is 5.57 Å². The van der Waals surface area contributed by atoms with Gasteiger partial charge in [-0.15, -0.1) is 0 Å². The van der Waals surface area contributed by atoms with Crippen LogP contribution in [0.5, 0.6) is 5.75 Å². The number of aromatic nitrogens is 2. The minimum atomic E-state index is -0.670. The number of hydrogen-bond donors (Lipinski definition) is 0. The summed E-state index contributed by atoms with van der Waals surface area (Å²) in [5.41, 5.74) is 1.48. The molecule has 1 aromatic carbocycles. The molecular formula is C26H35N3O5. The molecule has 2 heterocycles. The number of hydrogen-bond acceptors (Lipinski definition) is 6. The molecule has 184 valence electrons. The summed E-state index contributed by atoms with van der Waals surface area (Å²) < 4.78 is 18.3. The second-order valence-electron chi connectivity index (χ2n) is 10.0. The van der Waals surface area contributed by atoms with E-state index >= 15 is 0 Å². The Morgan fingerprint density at radius 3 is 2.35 bits per heavy atom. The molecule has 0 unspecified atom stereocenters. The van der Waals surface area contributed by atoms with Crippen molar-refractivity contribution in [3.63, 3.8) is 0 Å². The van der Waals surface area contributed by atoms with Crippen molar-refractivity contribution in [1.82, 2.24) is 14.5 Å². The number of esters is 1. The summed E-state index contributed by atoms with van der Waals surface area (Å²) in [5.74, 6) is 1.03. The van der Waals surface area contributed by atoms with Crippen LogP contribution in [0.3, 0.4) is 0 Å². The topological polar surface area (TPSA) is 82.9 Å². The first-order valence-electron chi connectivity index (χ1n) is 11.5. The van der Waals surface area contributed by atoms with Gasteiger partial charge >= 0.3 is 12.1 Å². The van der Waals surface area contributed by atoms with Crippen LogP contribution in [-0.4, -0.2) is 52.4 Å². The maximum atomic E-state index is 13.1. The molecule has 0 fully saturated rings. The molecule has 1 aromatic heterocycles. The SMILES string of the molecule is CCOC(=O)C1=CN(C(=O)OC(C)(C)C)CC(C)(C)c2nc(C)n(Cc3ccc(OC)cc3)c21. The highest BCUT2D eigenvalue weighted by atomic mass is 16.6. The van der Waals surface area contributed by atoms with E-state index in [2.05, 4.69) is 0 Å². The highest BCUT2D eigenvalue weighted by molar-refractivity contribution is 6.16. The first-order chi connectivity index (χ1) is 15.9. The fourth-order valence-electron chi connectivity index (χ4n) is 3.98. The van der Waals surface area contributed by atoms with E-state index in [1.807, 2.05) is 70.4 Å². The van der Waals surface area contributed by atoms with E-state index in [1.54, 1.807) is 20.2 Å². The van der Waals surface area contributed by atoms with E-state index in [0.29, 0.717) is 18.8 Å². The minimum Gasteiger partial charge on any atom is -0.497 e. The highest BCUT2D eigenvalue weighted by Gasteiger charge is 2.39. The van der Waals surface area contributed by atoms with Gasteiger partial charge in [-0.1, -0.05) is 26.0 Å². The third-order valence-electron chi connectivity index (χ3n) is 5.53. The first kappa shape index (κ1) is 25.3. The summed E-state index contributed by atoms with van der Waals surface area (Å²) in [4.78, 5) is 32.5. The Hall–Kier alpha value is -3.29. The van der Waals surface area contributed by atoms with Gasteiger partial charge in [0.05, 0.1) is 25.1 Å². The quantitative estimate of drug-likeness (QED) is 0.592. The zero-order valence-corrected chi connectivity index (χ0v) is 21.4. The number of imidazole rings is 1. The van der Waals surface area contributed by atoms with Gasteiger partial charge in [-0.25, -0.2) is 14.6 Å². The van der Waals surface area contributed by atoms with Crippen LogP contribution >= 0.6 is 0 Å². The Balaban J connectivity index is 2.15. The predicted octanol–water partition coefficient (Wildman–Crippen LogP) is 4.68. The molecule has 0 spiro atoms. The van der Waals surface area contributed by atoms with Gasteiger partial charge in [-0.3, -0.25) is 4.90 Å². The molecule has 0 radical (unpaired) electrons. The first-order valence-corrected chi connectivity index (χ1v) is 11.5. The number of carbonyl (C=O) groups excluding carboxylic acids is 2. The van der Waals surface area contributed by atoms with Crippen molar-refractivity contribution in [2.45, 2.75) is 66.0 Å². The number of benzene rings is 1.